The van der Waals surface area contributed by atoms with Gasteiger partial charge in [-0.25, -0.2) is 4.39 Å². The van der Waals surface area contributed by atoms with Gasteiger partial charge in [0.1, 0.15) is 22.4 Å². The van der Waals surface area contributed by atoms with Crippen molar-refractivity contribution >= 4 is 28.4 Å². The SMILES string of the molecule is CCc1nnc(SCc2cccc(F)c2)c2cc3oc(C)cc3n12. The number of nitrogens with zero attached hydrogens (tertiary/aromatic N) is 3. The molecule has 4 nitrogen and oxygen atoms in total. The van der Waals surface area contributed by atoms with E-state index >= 15 is 0 Å². The number of thioether (sulfide) groups is 1. The lowest BCUT2D eigenvalue weighted by molar-refractivity contribution is 0.579. The molecule has 0 unspecified atom stereocenters. The third-order valence-corrected chi connectivity index (χ3v) is 4.97. The molecule has 0 aliphatic carbocycles. The first-order chi connectivity index (χ1) is 11.7. The summed E-state index contributed by atoms with van der Waals surface area (Å²) in [6.07, 6.45) is 0.784. The molecule has 0 spiro atoms. The summed E-state index contributed by atoms with van der Waals surface area (Å²) in [6.45, 7) is 3.99. The first-order valence-corrected chi connectivity index (χ1v) is 8.78. The molecular weight excluding hydrogens is 325 g/mol. The molecule has 3 aromatic heterocycles. The molecule has 0 bridgehead atoms. The topological polar surface area (TPSA) is 43.3 Å². The molecule has 4 aromatic rings. The Morgan fingerprint density at radius 3 is 2.83 bits per heavy atom. The summed E-state index contributed by atoms with van der Waals surface area (Å²) in [7, 11) is 0. The maximum absolute atomic E-state index is 13.3. The normalized spacial score (nSPS) is 11.6. The number of aryl methyl sites for hydroxylation is 2. The fourth-order valence-electron chi connectivity index (χ4n) is 2.86. The van der Waals surface area contributed by atoms with Crippen LogP contribution < -0.4 is 0 Å². The maximum Gasteiger partial charge on any atom is 0.153 e. The first-order valence-electron chi connectivity index (χ1n) is 7.80. The van der Waals surface area contributed by atoms with Gasteiger partial charge in [-0.3, -0.25) is 4.40 Å². The van der Waals surface area contributed by atoms with Crippen LogP contribution in [0.5, 0.6) is 0 Å². The van der Waals surface area contributed by atoms with Crippen LogP contribution in [0.2, 0.25) is 0 Å². The van der Waals surface area contributed by atoms with Gasteiger partial charge in [0, 0.05) is 24.3 Å². The average Bonchev–Trinajstić information content (AvgIpc) is 3.09. The minimum Gasteiger partial charge on any atom is -0.460 e. The Bertz CT molecular complexity index is 1040. The number of halogens is 1. The van der Waals surface area contributed by atoms with Crippen LogP contribution in [0.3, 0.4) is 0 Å². The standard InChI is InChI=1S/C18H16FN3OS/c1-3-17-20-21-18(24-10-12-5-4-6-13(19)8-12)15-9-16-14(22(15)17)7-11(2)23-16/h4-9H,3,10H2,1-2H3. The fraction of sp³-hybridized carbons (Fsp3) is 0.222. The molecule has 3 heterocycles. The summed E-state index contributed by atoms with van der Waals surface area (Å²) >= 11 is 1.55. The highest BCUT2D eigenvalue weighted by Crippen LogP contribution is 2.31. The molecule has 24 heavy (non-hydrogen) atoms. The Morgan fingerprint density at radius 1 is 1.17 bits per heavy atom. The fourth-order valence-corrected chi connectivity index (χ4v) is 3.74. The number of benzene rings is 1. The molecule has 0 radical (unpaired) electrons. The van der Waals surface area contributed by atoms with Crippen LogP contribution in [0.1, 0.15) is 24.1 Å². The van der Waals surface area contributed by atoms with Crippen molar-refractivity contribution in [2.45, 2.75) is 31.0 Å². The zero-order valence-corrected chi connectivity index (χ0v) is 14.2. The van der Waals surface area contributed by atoms with Gasteiger partial charge in [0.25, 0.3) is 0 Å². The van der Waals surface area contributed by atoms with Gasteiger partial charge < -0.3 is 4.42 Å². The van der Waals surface area contributed by atoms with Gasteiger partial charge in [0.2, 0.25) is 0 Å². The van der Waals surface area contributed by atoms with Crippen molar-refractivity contribution in [2.75, 3.05) is 0 Å². The summed E-state index contributed by atoms with van der Waals surface area (Å²) < 4.78 is 21.2. The van der Waals surface area contributed by atoms with E-state index < -0.39 is 0 Å². The van der Waals surface area contributed by atoms with Crippen LogP contribution >= 0.6 is 11.8 Å². The third kappa shape index (κ3) is 2.57. The number of hydrogen-bond acceptors (Lipinski definition) is 4. The third-order valence-electron chi connectivity index (χ3n) is 3.93. The highest BCUT2D eigenvalue weighted by Gasteiger charge is 2.15. The Kier molecular flexibility index (Phi) is 3.76. The Balaban J connectivity index is 1.77. The summed E-state index contributed by atoms with van der Waals surface area (Å²) in [5.41, 5.74) is 3.76. The van der Waals surface area contributed by atoms with Gasteiger partial charge >= 0.3 is 0 Å². The molecule has 0 aliphatic heterocycles. The number of aromatic nitrogens is 3. The monoisotopic (exact) mass is 341 g/mol. The molecular formula is C18H16FN3OS. The van der Waals surface area contributed by atoms with Crippen molar-refractivity contribution in [2.24, 2.45) is 0 Å². The second kappa shape index (κ2) is 5.94. The Morgan fingerprint density at radius 2 is 2.04 bits per heavy atom. The summed E-state index contributed by atoms with van der Waals surface area (Å²) in [4.78, 5) is 0. The quantitative estimate of drug-likeness (QED) is 0.501. The predicted molar refractivity (Wildman–Crippen MR) is 92.8 cm³/mol. The summed E-state index contributed by atoms with van der Waals surface area (Å²) in [5, 5.41) is 9.55. The number of furan rings is 1. The average molecular weight is 341 g/mol. The number of hydrogen-bond donors (Lipinski definition) is 0. The van der Waals surface area contributed by atoms with Crippen molar-refractivity contribution < 1.29 is 8.81 Å². The van der Waals surface area contributed by atoms with E-state index in [2.05, 4.69) is 21.5 Å². The molecule has 0 saturated carbocycles. The Hall–Kier alpha value is -2.34. The van der Waals surface area contributed by atoms with Gasteiger partial charge in [0.15, 0.2) is 5.58 Å². The zero-order chi connectivity index (χ0) is 16.7. The van der Waals surface area contributed by atoms with Gasteiger partial charge in [-0.1, -0.05) is 30.8 Å². The van der Waals surface area contributed by atoms with Crippen LogP contribution in [0.25, 0.3) is 16.6 Å². The van der Waals surface area contributed by atoms with E-state index in [1.165, 1.54) is 6.07 Å². The van der Waals surface area contributed by atoms with E-state index in [1.807, 2.05) is 25.1 Å². The van der Waals surface area contributed by atoms with Crippen molar-refractivity contribution in [3.63, 3.8) is 0 Å². The van der Waals surface area contributed by atoms with E-state index in [9.17, 15) is 4.39 Å². The van der Waals surface area contributed by atoms with Crippen LogP contribution in [0.4, 0.5) is 4.39 Å². The van der Waals surface area contributed by atoms with Crippen molar-refractivity contribution in [3.8, 4) is 0 Å². The smallest absolute Gasteiger partial charge is 0.153 e. The molecule has 0 aliphatic rings. The second-order valence-corrected chi connectivity index (χ2v) is 6.63. The predicted octanol–water partition coefficient (Wildman–Crippen LogP) is 4.78. The van der Waals surface area contributed by atoms with Gasteiger partial charge in [-0.2, -0.15) is 0 Å². The molecule has 0 fully saturated rings. The lowest BCUT2D eigenvalue weighted by Gasteiger charge is -2.07. The largest absolute Gasteiger partial charge is 0.460 e. The molecule has 0 N–H and O–H groups in total. The lowest BCUT2D eigenvalue weighted by atomic mass is 10.2. The van der Waals surface area contributed by atoms with Gasteiger partial charge in [-0.05, 0) is 24.6 Å². The minimum atomic E-state index is -0.221. The van der Waals surface area contributed by atoms with E-state index in [4.69, 9.17) is 4.42 Å². The molecule has 1 aromatic carbocycles. The molecule has 0 amide bonds. The van der Waals surface area contributed by atoms with Crippen molar-refractivity contribution in [3.05, 3.63) is 59.4 Å². The summed E-state index contributed by atoms with van der Waals surface area (Å²) in [6, 6.07) is 10.7. The van der Waals surface area contributed by atoms with E-state index in [0.29, 0.717) is 5.75 Å². The zero-order valence-electron chi connectivity index (χ0n) is 13.4. The van der Waals surface area contributed by atoms with Crippen LogP contribution in [-0.2, 0) is 12.2 Å². The molecule has 0 atom stereocenters. The first kappa shape index (κ1) is 15.2. The van der Waals surface area contributed by atoms with Crippen LogP contribution in [0.15, 0.2) is 45.8 Å². The lowest BCUT2D eigenvalue weighted by Crippen LogP contribution is -2.03. The van der Waals surface area contributed by atoms with Crippen LogP contribution in [-0.4, -0.2) is 14.6 Å². The van der Waals surface area contributed by atoms with Crippen molar-refractivity contribution in [1.82, 2.24) is 14.6 Å². The molecule has 122 valence electrons. The highest BCUT2D eigenvalue weighted by atomic mass is 32.2. The van der Waals surface area contributed by atoms with Gasteiger partial charge in [0.05, 0.1) is 11.0 Å². The second-order valence-electron chi connectivity index (χ2n) is 5.67. The van der Waals surface area contributed by atoms with Gasteiger partial charge in [-0.15, -0.1) is 10.2 Å². The van der Waals surface area contributed by atoms with E-state index in [1.54, 1.807) is 23.9 Å². The Labute approximate surface area is 142 Å². The molecule has 0 saturated heterocycles. The van der Waals surface area contributed by atoms with E-state index in [-0.39, 0.29) is 5.82 Å². The maximum atomic E-state index is 13.3. The van der Waals surface area contributed by atoms with E-state index in [0.717, 1.165) is 45.2 Å². The molecule has 6 heteroatoms. The molecule has 4 rings (SSSR count). The van der Waals surface area contributed by atoms with Crippen molar-refractivity contribution in [1.29, 1.82) is 0 Å². The highest BCUT2D eigenvalue weighted by molar-refractivity contribution is 7.98. The minimum absolute atomic E-state index is 0.221. The number of fused-ring (bicyclic) bond motifs is 3. The van der Waals surface area contributed by atoms with Crippen LogP contribution in [0, 0.1) is 12.7 Å². The number of rotatable bonds is 4. The summed E-state index contributed by atoms with van der Waals surface area (Å²) in [5.74, 6) is 2.19.